The Kier molecular flexibility index (Phi) is 6.53. The first-order valence-corrected chi connectivity index (χ1v) is 6.09. The van der Waals surface area contributed by atoms with Crippen molar-refractivity contribution >= 4 is 18.2 Å². The molecular weight excluding hydrogens is 258 g/mol. The van der Waals surface area contributed by atoms with E-state index in [0.29, 0.717) is 18.5 Å². The molecule has 0 aliphatic rings. The zero-order valence-electron chi connectivity index (χ0n) is 11.0. The second kappa shape index (κ2) is 8.47. The average molecular weight is 275 g/mol. The molecule has 0 spiro atoms. The number of carbonyl (C=O) groups excluding carboxylic acids is 3. The van der Waals surface area contributed by atoms with Crippen molar-refractivity contribution in [1.82, 2.24) is 16.0 Å². The van der Waals surface area contributed by atoms with Crippen LogP contribution in [0.1, 0.15) is 11.6 Å². The van der Waals surface area contributed by atoms with Crippen molar-refractivity contribution in [2.75, 3.05) is 13.1 Å². The molecule has 0 radical (unpaired) electrons. The van der Waals surface area contributed by atoms with Crippen LogP contribution in [0.15, 0.2) is 43.0 Å². The van der Waals surface area contributed by atoms with Crippen LogP contribution in [0.2, 0.25) is 0 Å². The number of carbonyl (C=O) groups is 3. The maximum absolute atomic E-state index is 12.0. The molecule has 1 aromatic carbocycles. The second-order valence-electron chi connectivity index (χ2n) is 3.94. The largest absolute Gasteiger partial charge is 0.351 e. The molecule has 106 valence electrons. The number of amides is 3. The zero-order chi connectivity index (χ0) is 14.8. The van der Waals surface area contributed by atoms with E-state index in [0.717, 1.165) is 0 Å². The van der Waals surface area contributed by atoms with Crippen molar-refractivity contribution < 1.29 is 14.4 Å². The monoisotopic (exact) mass is 275 g/mol. The van der Waals surface area contributed by atoms with Gasteiger partial charge in [-0.2, -0.15) is 0 Å². The molecule has 0 bridgehead atoms. The topological polar surface area (TPSA) is 87.3 Å². The van der Waals surface area contributed by atoms with Gasteiger partial charge in [0, 0.05) is 6.54 Å². The second-order valence-corrected chi connectivity index (χ2v) is 3.94. The molecule has 1 unspecified atom stereocenters. The lowest BCUT2D eigenvalue weighted by Crippen LogP contribution is -2.43. The first-order valence-electron chi connectivity index (χ1n) is 6.09. The predicted molar refractivity (Wildman–Crippen MR) is 74.6 cm³/mol. The van der Waals surface area contributed by atoms with E-state index in [2.05, 4.69) is 22.5 Å². The highest BCUT2D eigenvalue weighted by Crippen LogP contribution is 2.12. The van der Waals surface area contributed by atoms with Gasteiger partial charge in [0.1, 0.15) is 6.04 Å². The maximum atomic E-state index is 12.0. The average Bonchev–Trinajstić information content (AvgIpc) is 2.49. The molecule has 6 heteroatoms. The molecule has 0 saturated carbocycles. The third-order valence-corrected chi connectivity index (χ3v) is 2.47. The van der Waals surface area contributed by atoms with Gasteiger partial charge in [-0.15, -0.1) is 6.58 Å². The molecule has 1 atom stereocenters. The summed E-state index contributed by atoms with van der Waals surface area (Å²) >= 11 is 0. The molecular formula is C14H17N3O3. The fraction of sp³-hybridized carbons (Fsp3) is 0.214. The van der Waals surface area contributed by atoms with E-state index in [1.54, 1.807) is 30.3 Å². The Morgan fingerprint density at radius 3 is 2.55 bits per heavy atom. The summed E-state index contributed by atoms with van der Waals surface area (Å²) in [5, 5.41) is 7.45. The molecule has 0 aliphatic carbocycles. The first kappa shape index (κ1) is 15.4. The highest BCUT2D eigenvalue weighted by atomic mass is 16.2. The lowest BCUT2D eigenvalue weighted by molar-refractivity contribution is -0.129. The number of rotatable bonds is 8. The number of benzene rings is 1. The van der Waals surface area contributed by atoms with Crippen LogP contribution in [0, 0.1) is 0 Å². The quantitative estimate of drug-likeness (QED) is 0.457. The van der Waals surface area contributed by atoms with Crippen molar-refractivity contribution in [3.63, 3.8) is 0 Å². The molecule has 1 rings (SSSR count). The minimum absolute atomic E-state index is 0.179. The molecule has 0 saturated heterocycles. The van der Waals surface area contributed by atoms with Gasteiger partial charge in [0.2, 0.25) is 18.2 Å². The van der Waals surface area contributed by atoms with Crippen LogP contribution in [0.4, 0.5) is 0 Å². The van der Waals surface area contributed by atoms with Gasteiger partial charge in [0.05, 0.1) is 6.54 Å². The van der Waals surface area contributed by atoms with Gasteiger partial charge < -0.3 is 16.0 Å². The van der Waals surface area contributed by atoms with Gasteiger partial charge >= 0.3 is 0 Å². The van der Waals surface area contributed by atoms with Crippen LogP contribution < -0.4 is 16.0 Å². The van der Waals surface area contributed by atoms with Crippen molar-refractivity contribution in [3.8, 4) is 0 Å². The van der Waals surface area contributed by atoms with Crippen molar-refractivity contribution in [2.24, 2.45) is 0 Å². The minimum Gasteiger partial charge on any atom is -0.351 e. The summed E-state index contributed by atoms with van der Waals surface area (Å²) in [7, 11) is 0. The zero-order valence-corrected chi connectivity index (χ0v) is 11.0. The summed E-state index contributed by atoms with van der Waals surface area (Å²) < 4.78 is 0. The smallest absolute Gasteiger partial charge is 0.247 e. The predicted octanol–water partition coefficient (Wildman–Crippen LogP) is -0.108. The lowest BCUT2D eigenvalue weighted by Gasteiger charge is -2.18. The number of hydrogen-bond acceptors (Lipinski definition) is 3. The Bertz CT molecular complexity index is 474. The van der Waals surface area contributed by atoms with E-state index in [-0.39, 0.29) is 12.5 Å². The SMILES string of the molecule is C=CCNC(=O)C(NC(=O)CNC=O)c1ccccc1. The standard InChI is InChI=1S/C14H17N3O3/c1-2-8-16-14(20)13(11-6-4-3-5-7-11)17-12(19)9-15-10-18/h2-7,10,13H,1,8-9H2,(H,15,18)(H,16,20)(H,17,19). The van der Waals surface area contributed by atoms with Gasteiger partial charge in [-0.3, -0.25) is 14.4 Å². The molecule has 1 aromatic rings. The summed E-state index contributed by atoms with van der Waals surface area (Å²) in [5.74, 6) is -0.782. The Morgan fingerprint density at radius 1 is 1.25 bits per heavy atom. The fourth-order valence-electron chi connectivity index (χ4n) is 1.57. The third kappa shape index (κ3) is 4.93. The maximum Gasteiger partial charge on any atom is 0.247 e. The summed E-state index contributed by atoms with van der Waals surface area (Å²) in [4.78, 5) is 33.8. The van der Waals surface area contributed by atoms with Gasteiger partial charge in [-0.05, 0) is 5.56 Å². The molecule has 6 nitrogen and oxygen atoms in total. The van der Waals surface area contributed by atoms with E-state index in [4.69, 9.17) is 0 Å². The Hall–Kier alpha value is -2.63. The van der Waals surface area contributed by atoms with Gasteiger partial charge in [-0.1, -0.05) is 36.4 Å². The Labute approximate surface area is 117 Å². The van der Waals surface area contributed by atoms with E-state index < -0.39 is 11.9 Å². The van der Waals surface area contributed by atoms with Crippen molar-refractivity contribution in [2.45, 2.75) is 6.04 Å². The summed E-state index contributed by atoms with van der Waals surface area (Å²) in [6, 6.07) is 8.05. The Morgan fingerprint density at radius 2 is 1.95 bits per heavy atom. The van der Waals surface area contributed by atoms with E-state index in [9.17, 15) is 14.4 Å². The molecule has 0 aromatic heterocycles. The molecule has 20 heavy (non-hydrogen) atoms. The summed E-state index contributed by atoms with van der Waals surface area (Å²) in [6.07, 6.45) is 1.98. The number of nitrogens with one attached hydrogen (secondary N) is 3. The molecule has 3 N–H and O–H groups in total. The van der Waals surface area contributed by atoms with Crippen LogP contribution in [-0.2, 0) is 14.4 Å². The molecule has 3 amide bonds. The first-order chi connectivity index (χ1) is 9.69. The van der Waals surface area contributed by atoms with Crippen LogP contribution in [0.25, 0.3) is 0 Å². The van der Waals surface area contributed by atoms with E-state index >= 15 is 0 Å². The van der Waals surface area contributed by atoms with E-state index in [1.165, 1.54) is 0 Å². The minimum atomic E-state index is -0.808. The van der Waals surface area contributed by atoms with E-state index in [1.807, 2.05) is 6.07 Å². The van der Waals surface area contributed by atoms with Gasteiger partial charge in [-0.25, -0.2) is 0 Å². The van der Waals surface area contributed by atoms with Crippen molar-refractivity contribution in [3.05, 3.63) is 48.6 Å². The van der Waals surface area contributed by atoms with Crippen LogP contribution in [0.5, 0.6) is 0 Å². The fourth-order valence-corrected chi connectivity index (χ4v) is 1.57. The molecule has 0 heterocycles. The van der Waals surface area contributed by atoms with Gasteiger partial charge in [0.25, 0.3) is 0 Å². The van der Waals surface area contributed by atoms with Crippen LogP contribution >= 0.6 is 0 Å². The highest BCUT2D eigenvalue weighted by molar-refractivity contribution is 5.89. The number of hydrogen-bond donors (Lipinski definition) is 3. The van der Waals surface area contributed by atoms with Gasteiger partial charge in [0.15, 0.2) is 0 Å². The third-order valence-electron chi connectivity index (χ3n) is 2.47. The lowest BCUT2D eigenvalue weighted by atomic mass is 10.1. The normalized spacial score (nSPS) is 11.0. The van der Waals surface area contributed by atoms with Crippen molar-refractivity contribution in [1.29, 1.82) is 0 Å². The van der Waals surface area contributed by atoms with Crippen LogP contribution in [0.3, 0.4) is 0 Å². The Balaban J connectivity index is 2.79. The summed E-state index contributed by atoms with van der Waals surface area (Å²) in [5.41, 5.74) is 0.661. The molecule has 0 fully saturated rings. The summed E-state index contributed by atoms with van der Waals surface area (Å²) in [6.45, 7) is 3.65. The molecule has 0 aliphatic heterocycles. The van der Waals surface area contributed by atoms with Crippen LogP contribution in [-0.4, -0.2) is 31.3 Å². The highest BCUT2D eigenvalue weighted by Gasteiger charge is 2.21.